The van der Waals surface area contributed by atoms with Crippen LogP contribution < -0.4 is 11.1 Å². The Bertz CT molecular complexity index is 612. The van der Waals surface area contributed by atoms with Crippen LogP contribution >= 0.6 is 0 Å². The Kier molecular flexibility index (Phi) is 4.42. The van der Waals surface area contributed by atoms with Gasteiger partial charge in [0.2, 0.25) is 5.91 Å². The molecule has 0 fully saturated rings. The van der Waals surface area contributed by atoms with Crippen molar-refractivity contribution in [1.29, 1.82) is 0 Å². The number of nitrogens with one attached hydrogen (secondary N) is 1. The Balaban J connectivity index is 1.94. The second-order valence-corrected chi connectivity index (χ2v) is 4.40. The highest BCUT2D eigenvalue weighted by Crippen LogP contribution is 2.10. The summed E-state index contributed by atoms with van der Waals surface area (Å²) >= 11 is 0. The predicted molar refractivity (Wildman–Crippen MR) is 71.9 cm³/mol. The Morgan fingerprint density at radius 1 is 1.05 bits per heavy atom. The zero-order valence-corrected chi connectivity index (χ0v) is 10.7. The van der Waals surface area contributed by atoms with Gasteiger partial charge in [0.05, 0.1) is 0 Å². The summed E-state index contributed by atoms with van der Waals surface area (Å²) in [5.74, 6) is -1.43. The minimum absolute atomic E-state index is 0.143. The van der Waals surface area contributed by atoms with Crippen LogP contribution in [0.4, 0.5) is 8.78 Å². The molecule has 0 unspecified atom stereocenters. The van der Waals surface area contributed by atoms with Crippen molar-refractivity contribution in [2.75, 3.05) is 0 Å². The number of hydrogen-bond donors (Lipinski definition) is 2. The molecule has 0 aliphatic heterocycles. The number of amides is 1. The van der Waals surface area contributed by atoms with Gasteiger partial charge >= 0.3 is 0 Å². The summed E-state index contributed by atoms with van der Waals surface area (Å²) < 4.78 is 26.4. The summed E-state index contributed by atoms with van der Waals surface area (Å²) in [6.07, 6.45) is 0. The van der Waals surface area contributed by atoms with Gasteiger partial charge in [-0.1, -0.05) is 18.2 Å². The fraction of sp³-hybridized carbons (Fsp3) is 0.133. The minimum Gasteiger partial charge on any atom is -0.366 e. The second-order valence-electron chi connectivity index (χ2n) is 4.40. The highest BCUT2D eigenvalue weighted by atomic mass is 19.1. The van der Waals surface area contributed by atoms with Crippen molar-refractivity contribution in [2.24, 2.45) is 5.73 Å². The van der Waals surface area contributed by atoms with Crippen LogP contribution in [0.2, 0.25) is 0 Å². The molecule has 0 atom stereocenters. The third-order valence-corrected chi connectivity index (χ3v) is 2.90. The molecule has 2 rings (SSSR count). The highest BCUT2D eigenvalue weighted by Gasteiger charge is 2.06. The summed E-state index contributed by atoms with van der Waals surface area (Å²) in [7, 11) is 0. The van der Waals surface area contributed by atoms with E-state index in [1.807, 2.05) is 0 Å². The molecule has 0 saturated heterocycles. The number of carbonyl (C=O) groups excluding carboxylic acids is 1. The van der Waals surface area contributed by atoms with Crippen LogP contribution in [-0.4, -0.2) is 5.91 Å². The lowest BCUT2D eigenvalue weighted by Crippen LogP contribution is -2.15. The quantitative estimate of drug-likeness (QED) is 0.880. The van der Waals surface area contributed by atoms with Gasteiger partial charge in [0.1, 0.15) is 11.6 Å². The maximum Gasteiger partial charge on any atom is 0.248 e. The molecule has 2 aromatic carbocycles. The van der Waals surface area contributed by atoms with Crippen molar-refractivity contribution in [2.45, 2.75) is 13.1 Å². The van der Waals surface area contributed by atoms with Gasteiger partial charge < -0.3 is 11.1 Å². The Morgan fingerprint density at radius 2 is 1.75 bits per heavy atom. The summed E-state index contributed by atoms with van der Waals surface area (Å²) in [5.41, 5.74) is 6.56. The SMILES string of the molecule is NC(=O)c1ccc(CNCc2ccc(F)cc2)c(F)c1. The van der Waals surface area contributed by atoms with Gasteiger partial charge in [-0.05, 0) is 29.8 Å². The van der Waals surface area contributed by atoms with Gasteiger partial charge in [-0.25, -0.2) is 8.78 Å². The van der Waals surface area contributed by atoms with E-state index in [2.05, 4.69) is 5.32 Å². The lowest BCUT2D eigenvalue weighted by atomic mass is 10.1. The second kappa shape index (κ2) is 6.25. The van der Waals surface area contributed by atoms with E-state index in [9.17, 15) is 13.6 Å². The molecule has 1 amide bonds. The zero-order valence-electron chi connectivity index (χ0n) is 10.7. The standard InChI is InChI=1S/C15H14F2N2O/c16-13-5-1-10(2-6-13)8-19-9-12-4-3-11(15(18)20)7-14(12)17/h1-7,19H,8-9H2,(H2,18,20). The lowest BCUT2D eigenvalue weighted by Gasteiger charge is -2.07. The molecule has 0 aromatic heterocycles. The molecule has 5 heteroatoms. The molecule has 0 saturated carbocycles. The lowest BCUT2D eigenvalue weighted by molar-refractivity contribution is 0.1000. The molecule has 20 heavy (non-hydrogen) atoms. The minimum atomic E-state index is -0.658. The van der Waals surface area contributed by atoms with E-state index in [1.165, 1.54) is 24.3 Å². The first kappa shape index (κ1) is 14.1. The number of benzene rings is 2. The molecule has 2 aromatic rings. The van der Waals surface area contributed by atoms with Crippen molar-refractivity contribution >= 4 is 5.91 Å². The normalized spacial score (nSPS) is 10.5. The molecule has 0 aliphatic carbocycles. The smallest absolute Gasteiger partial charge is 0.248 e. The van der Waals surface area contributed by atoms with Crippen LogP contribution in [0.25, 0.3) is 0 Å². The van der Waals surface area contributed by atoms with Gasteiger partial charge in [0, 0.05) is 24.2 Å². The topological polar surface area (TPSA) is 55.1 Å². The van der Waals surface area contributed by atoms with Gasteiger partial charge in [-0.3, -0.25) is 4.79 Å². The largest absolute Gasteiger partial charge is 0.366 e. The molecule has 3 N–H and O–H groups in total. The highest BCUT2D eigenvalue weighted by molar-refractivity contribution is 5.92. The van der Waals surface area contributed by atoms with E-state index >= 15 is 0 Å². The maximum atomic E-state index is 13.7. The van der Waals surface area contributed by atoms with Crippen molar-refractivity contribution in [3.8, 4) is 0 Å². The Hall–Kier alpha value is -2.27. The zero-order chi connectivity index (χ0) is 14.5. The van der Waals surface area contributed by atoms with Crippen LogP contribution in [0.1, 0.15) is 21.5 Å². The fourth-order valence-electron chi connectivity index (χ4n) is 1.79. The number of primary amides is 1. The van der Waals surface area contributed by atoms with Crippen LogP contribution in [0.3, 0.4) is 0 Å². The van der Waals surface area contributed by atoms with Crippen molar-refractivity contribution in [3.05, 3.63) is 70.8 Å². The van der Waals surface area contributed by atoms with E-state index < -0.39 is 11.7 Å². The van der Waals surface area contributed by atoms with Crippen molar-refractivity contribution in [3.63, 3.8) is 0 Å². The first-order valence-electron chi connectivity index (χ1n) is 6.09. The first-order valence-corrected chi connectivity index (χ1v) is 6.09. The molecule has 0 bridgehead atoms. The molecule has 104 valence electrons. The summed E-state index contributed by atoms with van der Waals surface area (Å²) in [6.45, 7) is 0.805. The van der Waals surface area contributed by atoms with E-state index in [0.717, 1.165) is 11.6 Å². The van der Waals surface area contributed by atoms with E-state index in [0.29, 0.717) is 18.7 Å². The number of nitrogens with two attached hydrogens (primary N) is 1. The third-order valence-electron chi connectivity index (χ3n) is 2.90. The molecule has 3 nitrogen and oxygen atoms in total. The summed E-state index contributed by atoms with van der Waals surface area (Å²) in [6, 6.07) is 10.2. The number of rotatable bonds is 5. The number of carbonyl (C=O) groups is 1. The first-order chi connectivity index (χ1) is 9.56. The average molecular weight is 276 g/mol. The molecule has 0 heterocycles. The third kappa shape index (κ3) is 3.61. The van der Waals surface area contributed by atoms with Gasteiger partial charge in [0.25, 0.3) is 0 Å². The summed E-state index contributed by atoms with van der Waals surface area (Å²) in [4.78, 5) is 10.9. The Labute approximate surface area is 115 Å². The molecular weight excluding hydrogens is 262 g/mol. The van der Waals surface area contributed by atoms with E-state index in [-0.39, 0.29) is 11.4 Å². The van der Waals surface area contributed by atoms with Crippen molar-refractivity contribution < 1.29 is 13.6 Å². The van der Waals surface area contributed by atoms with Crippen LogP contribution in [0.5, 0.6) is 0 Å². The van der Waals surface area contributed by atoms with Gasteiger partial charge in [-0.2, -0.15) is 0 Å². The molecule has 0 radical (unpaired) electrons. The van der Waals surface area contributed by atoms with E-state index in [1.54, 1.807) is 12.1 Å². The Morgan fingerprint density at radius 3 is 2.35 bits per heavy atom. The number of halogens is 2. The fourth-order valence-corrected chi connectivity index (χ4v) is 1.79. The molecule has 0 aliphatic rings. The average Bonchev–Trinajstić information content (AvgIpc) is 2.42. The maximum absolute atomic E-state index is 13.7. The number of hydrogen-bond acceptors (Lipinski definition) is 2. The van der Waals surface area contributed by atoms with Crippen LogP contribution in [0, 0.1) is 11.6 Å². The van der Waals surface area contributed by atoms with Crippen LogP contribution in [0.15, 0.2) is 42.5 Å². The molecular formula is C15H14F2N2O. The van der Waals surface area contributed by atoms with Crippen molar-refractivity contribution in [1.82, 2.24) is 5.32 Å². The predicted octanol–water partition coefficient (Wildman–Crippen LogP) is 2.35. The molecule has 0 spiro atoms. The van der Waals surface area contributed by atoms with E-state index in [4.69, 9.17) is 5.73 Å². The van der Waals surface area contributed by atoms with Gasteiger partial charge in [-0.15, -0.1) is 0 Å². The summed E-state index contributed by atoms with van der Waals surface area (Å²) in [5, 5.41) is 3.05. The van der Waals surface area contributed by atoms with Gasteiger partial charge in [0.15, 0.2) is 0 Å². The van der Waals surface area contributed by atoms with Crippen LogP contribution in [-0.2, 0) is 13.1 Å². The monoisotopic (exact) mass is 276 g/mol.